The van der Waals surface area contributed by atoms with Gasteiger partial charge in [0.25, 0.3) is 0 Å². The Hall–Kier alpha value is -2.01. The molecule has 0 spiro atoms. The molecule has 1 unspecified atom stereocenters. The van der Waals surface area contributed by atoms with Gasteiger partial charge in [-0.25, -0.2) is 0 Å². The summed E-state index contributed by atoms with van der Waals surface area (Å²) in [6, 6.07) is 8.87. The van der Waals surface area contributed by atoms with Crippen molar-refractivity contribution in [2.45, 2.75) is 39.7 Å². The summed E-state index contributed by atoms with van der Waals surface area (Å²) < 4.78 is 2.17. The van der Waals surface area contributed by atoms with Gasteiger partial charge in [-0.2, -0.15) is 5.26 Å². The topological polar surface area (TPSA) is 28.7 Å². The fraction of sp³-hybridized carbons (Fsp3) is 0.353. The summed E-state index contributed by atoms with van der Waals surface area (Å²) in [5.41, 5.74) is 4.24. The third-order valence-electron chi connectivity index (χ3n) is 3.82. The lowest BCUT2D eigenvalue weighted by Crippen LogP contribution is -2.06. The Bertz CT molecular complexity index is 656. The van der Waals surface area contributed by atoms with E-state index in [-0.39, 0.29) is 0 Å². The average molecular weight is 252 g/mol. The van der Waals surface area contributed by atoms with Crippen molar-refractivity contribution in [1.82, 2.24) is 4.57 Å². The Morgan fingerprint density at radius 3 is 2.79 bits per heavy atom. The lowest BCUT2D eigenvalue weighted by Gasteiger charge is -2.16. The first-order chi connectivity index (χ1) is 9.13. The molecule has 0 saturated heterocycles. The van der Waals surface area contributed by atoms with Crippen molar-refractivity contribution in [2.24, 2.45) is 0 Å². The van der Waals surface area contributed by atoms with Gasteiger partial charge in [0, 0.05) is 16.9 Å². The van der Waals surface area contributed by atoms with Crippen LogP contribution in [-0.2, 0) is 0 Å². The number of rotatable bonds is 4. The second-order valence-electron chi connectivity index (χ2n) is 5.07. The van der Waals surface area contributed by atoms with Crippen molar-refractivity contribution in [3.8, 4) is 6.07 Å². The summed E-state index contributed by atoms with van der Waals surface area (Å²) in [5.74, 6) is 0. The van der Waals surface area contributed by atoms with Crippen LogP contribution in [0.15, 0.2) is 24.8 Å². The van der Waals surface area contributed by atoms with E-state index in [4.69, 9.17) is 0 Å². The molecule has 2 nitrogen and oxygen atoms in total. The van der Waals surface area contributed by atoms with Crippen LogP contribution in [0.25, 0.3) is 17.0 Å². The number of hydrogen-bond acceptors (Lipinski definition) is 1. The average Bonchev–Trinajstić information content (AvgIpc) is 2.79. The highest BCUT2D eigenvalue weighted by molar-refractivity contribution is 5.88. The first kappa shape index (κ1) is 13.4. The molecule has 19 heavy (non-hydrogen) atoms. The molecule has 0 aliphatic carbocycles. The van der Waals surface area contributed by atoms with Crippen LogP contribution in [0.4, 0.5) is 0 Å². The quantitative estimate of drug-likeness (QED) is 0.766. The molecule has 2 rings (SSSR count). The smallest absolute Gasteiger partial charge is 0.121 e. The minimum atomic E-state index is 0.353. The Morgan fingerprint density at radius 2 is 2.21 bits per heavy atom. The van der Waals surface area contributed by atoms with Gasteiger partial charge < -0.3 is 4.57 Å². The molecule has 1 aromatic heterocycles. The van der Waals surface area contributed by atoms with Crippen LogP contribution >= 0.6 is 0 Å². The van der Waals surface area contributed by atoms with E-state index in [9.17, 15) is 5.26 Å². The van der Waals surface area contributed by atoms with Gasteiger partial charge in [0.05, 0.1) is 0 Å². The zero-order chi connectivity index (χ0) is 14.0. The Morgan fingerprint density at radius 1 is 1.47 bits per heavy atom. The predicted octanol–water partition coefficient (Wildman–Crippen LogP) is 4.83. The molecule has 0 aliphatic heterocycles. The maximum absolute atomic E-state index is 9.36. The van der Waals surface area contributed by atoms with E-state index in [0.29, 0.717) is 6.04 Å². The summed E-state index contributed by atoms with van der Waals surface area (Å²) in [6.45, 7) is 10.3. The molecule has 0 saturated carbocycles. The highest BCUT2D eigenvalue weighted by atomic mass is 15.0. The van der Waals surface area contributed by atoms with Gasteiger partial charge in [-0.1, -0.05) is 32.1 Å². The van der Waals surface area contributed by atoms with Crippen LogP contribution < -0.4 is 0 Å². The van der Waals surface area contributed by atoms with Crippen molar-refractivity contribution < 1.29 is 0 Å². The summed E-state index contributed by atoms with van der Waals surface area (Å²) in [4.78, 5) is 0. The lowest BCUT2D eigenvalue weighted by atomic mass is 10.0. The third-order valence-corrected chi connectivity index (χ3v) is 3.82. The maximum Gasteiger partial charge on any atom is 0.121 e. The van der Waals surface area contributed by atoms with Crippen LogP contribution in [0.1, 0.15) is 49.6 Å². The van der Waals surface area contributed by atoms with Gasteiger partial charge in [0.1, 0.15) is 11.8 Å². The number of nitriles is 1. The number of aromatic nitrogens is 1. The predicted molar refractivity (Wildman–Crippen MR) is 81.1 cm³/mol. The molecule has 1 aromatic carbocycles. The normalized spacial score (nSPS) is 12.3. The third kappa shape index (κ3) is 2.17. The van der Waals surface area contributed by atoms with Crippen molar-refractivity contribution in [3.05, 3.63) is 41.6 Å². The number of aryl methyl sites for hydroxylation is 1. The molecule has 0 bridgehead atoms. The first-order valence-electron chi connectivity index (χ1n) is 6.81. The van der Waals surface area contributed by atoms with Gasteiger partial charge in [-0.15, -0.1) is 0 Å². The van der Waals surface area contributed by atoms with E-state index in [1.165, 1.54) is 5.56 Å². The molecule has 1 atom stereocenters. The molecule has 0 fully saturated rings. The lowest BCUT2D eigenvalue weighted by molar-refractivity contribution is 0.511. The second-order valence-corrected chi connectivity index (χ2v) is 5.07. The minimum Gasteiger partial charge on any atom is -0.329 e. The van der Waals surface area contributed by atoms with Gasteiger partial charge in [-0.3, -0.25) is 0 Å². The van der Waals surface area contributed by atoms with Crippen molar-refractivity contribution in [3.63, 3.8) is 0 Å². The first-order valence-corrected chi connectivity index (χ1v) is 6.81. The molecule has 2 heteroatoms. The SMILES string of the molecule is C=Cc1ccc2c(cc(C#N)n2C(C)CCC)c1C. The fourth-order valence-corrected chi connectivity index (χ4v) is 2.79. The highest BCUT2D eigenvalue weighted by Gasteiger charge is 2.15. The fourth-order valence-electron chi connectivity index (χ4n) is 2.79. The van der Waals surface area contributed by atoms with E-state index in [1.54, 1.807) is 0 Å². The molecule has 0 radical (unpaired) electrons. The Labute approximate surface area is 115 Å². The summed E-state index contributed by atoms with van der Waals surface area (Å²) in [7, 11) is 0. The molecular formula is C17H20N2. The van der Waals surface area contributed by atoms with Crippen LogP contribution in [0.3, 0.4) is 0 Å². The molecule has 98 valence electrons. The highest BCUT2D eigenvalue weighted by Crippen LogP contribution is 2.30. The number of nitrogens with zero attached hydrogens (tertiary/aromatic N) is 2. The van der Waals surface area contributed by atoms with Gasteiger partial charge >= 0.3 is 0 Å². The molecule has 0 N–H and O–H groups in total. The molecule has 2 aromatic rings. The molecule has 0 amide bonds. The number of benzene rings is 1. The van der Waals surface area contributed by atoms with Crippen LogP contribution in [-0.4, -0.2) is 4.57 Å². The summed E-state index contributed by atoms with van der Waals surface area (Å²) in [5, 5.41) is 10.5. The number of hydrogen-bond donors (Lipinski definition) is 0. The standard InChI is InChI=1S/C17H20N2/c1-5-7-12(3)19-15(11-18)10-16-13(4)14(6-2)8-9-17(16)19/h6,8-10,12H,2,5,7H2,1,3-4H3. The van der Waals surface area contributed by atoms with Gasteiger partial charge in [0.2, 0.25) is 0 Å². The Balaban J connectivity index is 2.73. The second kappa shape index (κ2) is 5.32. The maximum atomic E-state index is 9.36. The van der Waals surface area contributed by atoms with Gasteiger partial charge in [0.15, 0.2) is 0 Å². The molecule has 1 heterocycles. The van der Waals surface area contributed by atoms with E-state index in [0.717, 1.165) is 35.0 Å². The van der Waals surface area contributed by atoms with Crippen molar-refractivity contribution >= 4 is 17.0 Å². The van der Waals surface area contributed by atoms with Crippen molar-refractivity contribution in [2.75, 3.05) is 0 Å². The van der Waals surface area contributed by atoms with E-state index in [1.807, 2.05) is 12.1 Å². The van der Waals surface area contributed by atoms with Crippen molar-refractivity contribution in [1.29, 1.82) is 5.26 Å². The minimum absolute atomic E-state index is 0.353. The molecule has 0 aliphatic rings. The van der Waals surface area contributed by atoms with E-state index < -0.39 is 0 Å². The summed E-state index contributed by atoms with van der Waals surface area (Å²) in [6.07, 6.45) is 4.07. The van der Waals surface area contributed by atoms with E-state index in [2.05, 4.69) is 50.1 Å². The van der Waals surface area contributed by atoms with Crippen LogP contribution in [0.5, 0.6) is 0 Å². The zero-order valence-electron chi connectivity index (χ0n) is 11.9. The Kier molecular flexibility index (Phi) is 3.76. The zero-order valence-corrected chi connectivity index (χ0v) is 11.9. The van der Waals surface area contributed by atoms with E-state index >= 15 is 0 Å². The summed E-state index contributed by atoms with van der Waals surface area (Å²) >= 11 is 0. The number of fused-ring (bicyclic) bond motifs is 1. The van der Waals surface area contributed by atoms with Crippen LogP contribution in [0, 0.1) is 18.3 Å². The van der Waals surface area contributed by atoms with Crippen LogP contribution in [0.2, 0.25) is 0 Å². The largest absolute Gasteiger partial charge is 0.329 e. The molecular weight excluding hydrogens is 232 g/mol. The monoisotopic (exact) mass is 252 g/mol. The van der Waals surface area contributed by atoms with Gasteiger partial charge in [-0.05, 0) is 43.5 Å².